The van der Waals surface area contributed by atoms with Gasteiger partial charge in [0, 0.05) is 25.2 Å². The van der Waals surface area contributed by atoms with Crippen LogP contribution in [0.5, 0.6) is 0 Å². The summed E-state index contributed by atoms with van der Waals surface area (Å²) in [6.45, 7) is 5.05. The number of carbonyl (C=O) groups excluding carboxylic acids is 3. The minimum absolute atomic E-state index is 0.0540. The van der Waals surface area contributed by atoms with Crippen LogP contribution in [0.3, 0.4) is 0 Å². The Morgan fingerprint density at radius 1 is 1.07 bits per heavy atom. The molecule has 0 saturated carbocycles. The highest BCUT2D eigenvalue weighted by molar-refractivity contribution is 6.07. The predicted octanol–water partition coefficient (Wildman–Crippen LogP) is 3.77. The van der Waals surface area contributed by atoms with Crippen molar-refractivity contribution in [3.63, 3.8) is 0 Å². The van der Waals surface area contributed by atoms with Crippen molar-refractivity contribution in [3.05, 3.63) is 59.7 Å². The summed E-state index contributed by atoms with van der Waals surface area (Å²) in [7, 11) is 0. The number of amides is 3. The maximum absolute atomic E-state index is 12.9. The Balaban J connectivity index is 1.70. The number of benzene rings is 2. The summed E-state index contributed by atoms with van der Waals surface area (Å²) >= 11 is 0. The smallest absolute Gasteiger partial charge is 0.253 e. The van der Waals surface area contributed by atoms with Gasteiger partial charge in [0.05, 0.1) is 17.2 Å². The number of rotatable bonds is 8. The first-order valence-corrected chi connectivity index (χ1v) is 10.6. The first-order valence-electron chi connectivity index (χ1n) is 10.6. The van der Waals surface area contributed by atoms with Crippen molar-refractivity contribution in [2.45, 2.75) is 39.5 Å². The van der Waals surface area contributed by atoms with E-state index >= 15 is 0 Å². The minimum atomic E-state index is -0.460. The molecular weight excluding hydrogens is 378 g/mol. The molecule has 0 aromatic heterocycles. The largest absolute Gasteiger partial charge is 0.352 e. The fraction of sp³-hybridized carbons (Fsp3) is 0.375. The SMILES string of the molecule is CCCCNC(=O)c1ccccc1NC(=O)C1CC(=O)N(c2ccccc2CC)C1. The van der Waals surface area contributed by atoms with E-state index in [0.717, 1.165) is 30.5 Å². The molecule has 1 saturated heterocycles. The number of hydrogen-bond donors (Lipinski definition) is 2. The lowest BCUT2D eigenvalue weighted by molar-refractivity contribution is -0.122. The van der Waals surface area contributed by atoms with Crippen molar-refractivity contribution in [2.75, 3.05) is 23.3 Å². The number of unbranched alkanes of at least 4 members (excludes halogenated alkanes) is 1. The quantitative estimate of drug-likeness (QED) is 0.654. The second-order valence-corrected chi connectivity index (χ2v) is 7.53. The number of nitrogens with zero attached hydrogens (tertiary/aromatic N) is 1. The van der Waals surface area contributed by atoms with Crippen LogP contribution in [0, 0.1) is 5.92 Å². The highest BCUT2D eigenvalue weighted by Gasteiger charge is 2.36. The van der Waals surface area contributed by atoms with Gasteiger partial charge in [-0.05, 0) is 36.6 Å². The van der Waals surface area contributed by atoms with E-state index in [0.29, 0.717) is 24.3 Å². The van der Waals surface area contributed by atoms with Gasteiger partial charge in [0.15, 0.2) is 0 Å². The van der Waals surface area contributed by atoms with E-state index in [2.05, 4.69) is 17.6 Å². The van der Waals surface area contributed by atoms with Crippen LogP contribution in [0.1, 0.15) is 49.0 Å². The molecule has 2 aromatic rings. The molecule has 0 bridgehead atoms. The zero-order valence-electron chi connectivity index (χ0n) is 17.6. The van der Waals surface area contributed by atoms with Gasteiger partial charge in [-0.3, -0.25) is 14.4 Å². The molecule has 2 aromatic carbocycles. The summed E-state index contributed by atoms with van der Waals surface area (Å²) in [5, 5.41) is 5.75. The number of anilines is 2. The molecule has 0 aliphatic carbocycles. The van der Waals surface area contributed by atoms with E-state index in [1.807, 2.05) is 31.2 Å². The molecule has 6 nitrogen and oxygen atoms in total. The molecule has 1 aliphatic heterocycles. The Morgan fingerprint density at radius 2 is 1.80 bits per heavy atom. The first-order chi connectivity index (χ1) is 14.5. The van der Waals surface area contributed by atoms with Crippen LogP contribution in [-0.2, 0) is 16.0 Å². The summed E-state index contributed by atoms with van der Waals surface area (Å²) in [6.07, 6.45) is 2.87. The average Bonchev–Trinajstić information content (AvgIpc) is 3.15. The minimum Gasteiger partial charge on any atom is -0.352 e. The van der Waals surface area contributed by atoms with Gasteiger partial charge in [0.2, 0.25) is 11.8 Å². The summed E-state index contributed by atoms with van der Waals surface area (Å²) in [6, 6.07) is 14.7. The topological polar surface area (TPSA) is 78.5 Å². The van der Waals surface area contributed by atoms with E-state index < -0.39 is 5.92 Å². The molecule has 1 heterocycles. The van der Waals surface area contributed by atoms with E-state index in [4.69, 9.17) is 0 Å². The van der Waals surface area contributed by atoms with Gasteiger partial charge in [-0.15, -0.1) is 0 Å². The highest BCUT2D eigenvalue weighted by atomic mass is 16.2. The normalized spacial score (nSPS) is 15.9. The number of nitrogens with one attached hydrogen (secondary N) is 2. The van der Waals surface area contributed by atoms with Crippen LogP contribution in [0.15, 0.2) is 48.5 Å². The van der Waals surface area contributed by atoms with E-state index in [1.165, 1.54) is 0 Å². The van der Waals surface area contributed by atoms with Crippen LogP contribution < -0.4 is 15.5 Å². The third kappa shape index (κ3) is 4.87. The molecule has 158 valence electrons. The van der Waals surface area contributed by atoms with Gasteiger partial charge >= 0.3 is 0 Å². The van der Waals surface area contributed by atoms with Crippen molar-refractivity contribution in [2.24, 2.45) is 5.92 Å². The maximum atomic E-state index is 12.9. The van der Waals surface area contributed by atoms with Gasteiger partial charge in [-0.1, -0.05) is 50.6 Å². The van der Waals surface area contributed by atoms with E-state index in [9.17, 15) is 14.4 Å². The van der Waals surface area contributed by atoms with E-state index in [1.54, 1.807) is 29.2 Å². The Bertz CT molecular complexity index is 925. The van der Waals surface area contributed by atoms with Crippen LogP contribution in [0.2, 0.25) is 0 Å². The molecule has 1 aliphatic rings. The molecule has 1 fully saturated rings. The number of carbonyl (C=O) groups is 3. The Hall–Kier alpha value is -3.15. The van der Waals surface area contributed by atoms with Crippen molar-refractivity contribution < 1.29 is 14.4 Å². The Kier molecular flexibility index (Phi) is 7.22. The number of para-hydroxylation sites is 2. The molecule has 30 heavy (non-hydrogen) atoms. The van der Waals surface area contributed by atoms with Gasteiger partial charge in [-0.25, -0.2) is 0 Å². The highest BCUT2D eigenvalue weighted by Crippen LogP contribution is 2.29. The van der Waals surface area contributed by atoms with Gasteiger partial charge in [0.25, 0.3) is 5.91 Å². The van der Waals surface area contributed by atoms with Crippen LogP contribution >= 0.6 is 0 Å². The molecule has 6 heteroatoms. The zero-order chi connectivity index (χ0) is 21.5. The Labute approximate surface area is 177 Å². The number of aryl methyl sites for hydroxylation is 1. The summed E-state index contributed by atoms with van der Waals surface area (Å²) in [5.41, 5.74) is 2.85. The van der Waals surface area contributed by atoms with Gasteiger partial charge < -0.3 is 15.5 Å². The van der Waals surface area contributed by atoms with Crippen LogP contribution in [-0.4, -0.2) is 30.8 Å². The standard InChI is InChI=1S/C24H29N3O3/c1-3-5-14-25-24(30)19-11-7-8-12-20(19)26-23(29)18-15-22(28)27(16-18)21-13-9-6-10-17(21)4-2/h6-13,18H,3-5,14-16H2,1-2H3,(H,25,30)(H,26,29). The van der Waals surface area contributed by atoms with Crippen LogP contribution in [0.25, 0.3) is 0 Å². The van der Waals surface area contributed by atoms with Crippen molar-refractivity contribution in [3.8, 4) is 0 Å². The molecule has 0 radical (unpaired) electrons. The lowest BCUT2D eigenvalue weighted by atomic mass is 10.1. The molecule has 1 atom stereocenters. The zero-order valence-corrected chi connectivity index (χ0v) is 17.6. The monoisotopic (exact) mass is 407 g/mol. The molecule has 3 rings (SSSR count). The summed E-state index contributed by atoms with van der Waals surface area (Å²) in [4.78, 5) is 39.7. The Morgan fingerprint density at radius 3 is 2.57 bits per heavy atom. The molecular formula is C24H29N3O3. The van der Waals surface area contributed by atoms with Crippen LogP contribution in [0.4, 0.5) is 11.4 Å². The lowest BCUT2D eigenvalue weighted by Crippen LogP contribution is -2.30. The maximum Gasteiger partial charge on any atom is 0.253 e. The van der Waals surface area contributed by atoms with Gasteiger partial charge in [-0.2, -0.15) is 0 Å². The van der Waals surface area contributed by atoms with Crippen molar-refractivity contribution >= 4 is 29.1 Å². The lowest BCUT2D eigenvalue weighted by Gasteiger charge is -2.20. The predicted molar refractivity (Wildman–Crippen MR) is 119 cm³/mol. The fourth-order valence-corrected chi connectivity index (χ4v) is 3.69. The molecule has 1 unspecified atom stereocenters. The first kappa shape index (κ1) is 21.6. The second kappa shape index (κ2) is 10.1. The van der Waals surface area contributed by atoms with Crippen molar-refractivity contribution in [1.82, 2.24) is 5.32 Å². The second-order valence-electron chi connectivity index (χ2n) is 7.53. The van der Waals surface area contributed by atoms with E-state index in [-0.39, 0.29) is 24.1 Å². The summed E-state index contributed by atoms with van der Waals surface area (Å²) in [5.74, 6) is -0.964. The third-order valence-corrected chi connectivity index (χ3v) is 5.40. The molecule has 2 N–H and O–H groups in total. The average molecular weight is 408 g/mol. The van der Waals surface area contributed by atoms with Gasteiger partial charge in [0.1, 0.15) is 0 Å². The number of hydrogen-bond acceptors (Lipinski definition) is 3. The van der Waals surface area contributed by atoms with Crippen molar-refractivity contribution in [1.29, 1.82) is 0 Å². The summed E-state index contributed by atoms with van der Waals surface area (Å²) < 4.78 is 0. The fourth-order valence-electron chi connectivity index (χ4n) is 3.69. The molecule has 3 amide bonds. The molecule has 0 spiro atoms. The third-order valence-electron chi connectivity index (χ3n) is 5.40.